The van der Waals surface area contributed by atoms with Crippen LogP contribution in [0.3, 0.4) is 0 Å². The van der Waals surface area contributed by atoms with Crippen LogP contribution in [0.15, 0.2) is 6.20 Å². The number of aliphatic hydroxyl groups is 1. The van der Waals surface area contributed by atoms with Gasteiger partial charge in [-0.05, 0) is 20.8 Å². The summed E-state index contributed by atoms with van der Waals surface area (Å²) in [5, 5.41) is 14.4. The van der Waals surface area contributed by atoms with Gasteiger partial charge in [-0.3, -0.25) is 4.68 Å². The number of rotatable bonds is 5. The average Bonchev–Trinajstić information content (AvgIpc) is 2.70. The van der Waals surface area contributed by atoms with Crippen molar-refractivity contribution in [2.24, 2.45) is 0 Å². The van der Waals surface area contributed by atoms with Gasteiger partial charge < -0.3 is 14.6 Å². The number of ether oxygens (including phenoxy) is 2. The second kappa shape index (κ2) is 4.84. The van der Waals surface area contributed by atoms with E-state index in [4.69, 9.17) is 9.47 Å². The van der Waals surface area contributed by atoms with Crippen molar-refractivity contribution in [1.29, 1.82) is 0 Å². The molecule has 1 aromatic heterocycles. The molecule has 0 bridgehead atoms. The zero-order chi connectivity index (χ0) is 12.3. The smallest absolute Gasteiger partial charge is 0.162 e. The van der Waals surface area contributed by atoms with Crippen LogP contribution in [0.2, 0.25) is 0 Å². The van der Waals surface area contributed by atoms with Crippen molar-refractivity contribution >= 4 is 0 Å². The van der Waals surface area contributed by atoms with Crippen LogP contribution < -0.4 is 4.74 Å². The van der Waals surface area contributed by atoms with Crippen molar-refractivity contribution in [3.05, 3.63) is 11.9 Å². The molecule has 1 rings (SSSR count). The van der Waals surface area contributed by atoms with Gasteiger partial charge in [-0.1, -0.05) is 0 Å². The second-order valence-corrected chi connectivity index (χ2v) is 4.12. The van der Waals surface area contributed by atoms with E-state index in [1.807, 2.05) is 20.8 Å². The van der Waals surface area contributed by atoms with Crippen LogP contribution >= 0.6 is 0 Å². The number of hydrogen-bond donors (Lipinski definition) is 1. The lowest BCUT2D eigenvalue weighted by Gasteiger charge is -2.29. The Hall–Kier alpha value is -1.07. The van der Waals surface area contributed by atoms with Crippen molar-refractivity contribution in [2.75, 3.05) is 14.2 Å². The molecular formula is C11H20N2O3. The van der Waals surface area contributed by atoms with Crippen LogP contribution in [0.4, 0.5) is 0 Å². The van der Waals surface area contributed by atoms with E-state index >= 15 is 0 Å². The maximum absolute atomic E-state index is 10.3. The first-order valence-corrected chi connectivity index (χ1v) is 5.30. The molecule has 5 heteroatoms. The fourth-order valence-corrected chi connectivity index (χ4v) is 1.50. The highest BCUT2D eigenvalue weighted by Gasteiger charge is 2.33. The molecule has 16 heavy (non-hydrogen) atoms. The summed E-state index contributed by atoms with van der Waals surface area (Å²) in [5.74, 6) is 0.583. The van der Waals surface area contributed by atoms with Crippen LogP contribution in [-0.4, -0.2) is 34.7 Å². The molecular weight excluding hydrogens is 208 g/mol. The maximum atomic E-state index is 10.3. The summed E-state index contributed by atoms with van der Waals surface area (Å²) < 4.78 is 12.2. The Balaban J connectivity index is 3.14. The van der Waals surface area contributed by atoms with Gasteiger partial charge in [0.25, 0.3) is 0 Å². The zero-order valence-corrected chi connectivity index (χ0v) is 10.5. The van der Waals surface area contributed by atoms with Crippen molar-refractivity contribution < 1.29 is 14.6 Å². The third kappa shape index (κ3) is 2.20. The number of aryl methyl sites for hydroxylation is 1. The lowest BCUT2D eigenvalue weighted by Crippen LogP contribution is -2.33. The predicted molar refractivity (Wildman–Crippen MR) is 60.5 cm³/mol. The molecule has 1 N–H and O–H groups in total. The molecule has 5 nitrogen and oxygen atoms in total. The minimum Gasteiger partial charge on any atom is -0.493 e. The molecule has 1 atom stereocenters. The van der Waals surface area contributed by atoms with Crippen LogP contribution in [-0.2, 0) is 11.3 Å². The van der Waals surface area contributed by atoms with Crippen molar-refractivity contribution in [2.45, 2.75) is 39.0 Å². The Morgan fingerprint density at radius 1 is 1.50 bits per heavy atom. The largest absolute Gasteiger partial charge is 0.493 e. The summed E-state index contributed by atoms with van der Waals surface area (Å²) in [6, 6.07) is 0. The fourth-order valence-electron chi connectivity index (χ4n) is 1.50. The lowest BCUT2D eigenvalue weighted by atomic mass is 9.98. The number of nitrogens with zero attached hydrogens (tertiary/aromatic N) is 2. The van der Waals surface area contributed by atoms with Gasteiger partial charge in [0.2, 0.25) is 0 Å². The highest BCUT2D eigenvalue weighted by Crippen LogP contribution is 2.33. The van der Waals surface area contributed by atoms with Gasteiger partial charge in [0, 0.05) is 13.7 Å². The van der Waals surface area contributed by atoms with Gasteiger partial charge in [0.15, 0.2) is 5.75 Å². The lowest BCUT2D eigenvalue weighted by molar-refractivity contribution is -0.0833. The van der Waals surface area contributed by atoms with E-state index in [0.29, 0.717) is 18.0 Å². The van der Waals surface area contributed by atoms with Crippen molar-refractivity contribution in [3.8, 4) is 5.75 Å². The van der Waals surface area contributed by atoms with E-state index in [2.05, 4.69) is 5.10 Å². The second-order valence-electron chi connectivity index (χ2n) is 4.12. The minimum absolute atomic E-state index is 0.583. The Kier molecular flexibility index (Phi) is 3.93. The van der Waals surface area contributed by atoms with E-state index < -0.39 is 11.7 Å². The molecule has 0 saturated carbocycles. The number of aromatic nitrogens is 2. The predicted octanol–water partition coefficient (Wildman–Crippen LogP) is 1.37. The molecule has 1 heterocycles. The molecule has 0 amide bonds. The Morgan fingerprint density at radius 3 is 2.56 bits per heavy atom. The summed E-state index contributed by atoms with van der Waals surface area (Å²) in [6.45, 7) is 6.28. The topological polar surface area (TPSA) is 56.5 Å². The highest BCUT2D eigenvalue weighted by atomic mass is 16.5. The monoisotopic (exact) mass is 228 g/mol. The third-order valence-electron chi connectivity index (χ3n) is 2.81. The van der Waals surface area contributed by atoms with Gasteiger partial charge in [-0.15, -0.1) is 0 Å². The quantitative estimate of drug-likeness (QED) is 0.827. The van der Waals surface area contributed by atoms with Crippen molar-refractivity contribution in [3.63, 3.8) is 0 Å². The molecule has 0 aromatic carbocycles. The molecule has 92 valence electrons. The van der Waals surface area contributed by atoms with E-state index in [0.717, 1.165) is 0 Å². The van der Waals surface area contributed by atoms with Gasteiger partial charge in [0.05, 0.1) is 18.9 Å². The standard InChI is InChI=1S/C11H20N2O3/c1-6-13-9(8(15-4)7-12-13)10(14)11(2,3)16-5/h7,10,14H,6H2,1-5H3. The van der Waals surface area contributed by atoms with E-state index in [1.165, 1.54) is 0 Å². The van der Waals surface area contributed by atoms with Crippen molar-refractivity contribution in [1.82, 2.24) is 9.78 Å². The van der Waals surface area contributed by atoms with Crippen LogP contribution in [0, 0.1) is 0 Å². The molecule has 0 radical (unpaired) electrons. The summed E-state index contributed by atoms with van der Waals surface area (Å²) in [6.07, 6.45) is 0.822. The first-order valence-electron chi connectivity index (χ1n) is 5.30. The van der Waals surface area contributed by atoms with Gasteiger partial charge >= 0.3 is 0 Å². The summed E-state index contributed by atoms with van der Waals surface area (Å²) in [4.78, 5) is 0. The molecule has 0 aliphatic heterocycles. The molecule has 1 unspecified atom stereocenters. The first-order chi connectivity index (χ1) is 7.47. The molecule has 0 saturated heterocycles. The number of hydrogen-bond acceptors (Lipinski definition) is 4. The summed E-state index contributed by atoms with van der Waals surface area (Å²) in [7, 11) is 3.13. The van der Waals surface area contributed by atoms with Crippen LogP contribution in [0.5, 0.6) is 5.75 Å². The maximum Gasteiger partial charge on any atom is 0.162 e. The average molecular weight is 228 g/mol. The Morgan fingerprint density at radius 2 is 2.12 bits per heavy atom. The minimum atomic E-state index is -0.783. The van der Waals surface area contributed by atoms with Gasteiger partial charge in [-0.25, -0.2) is 0 Å². The van der Waals surface area contributed by atoms with Gasteiger partial charge in [0.1, 0.15) is 11.8 Å². The van der Waals surface area contributed by atoms with Crippen LogP contribution in [0.25, 0.3) is 0 Å². The molecule has 0 aliphatic rings. The highest BCUT2D eigenvalue weighted by molar-refractivity contribution is 5.28. The summed E-state index contributed by atoms with van der Waals surface area (Å²) in [5.41, 5.74) is -0.0305. The fraction of sp³-hybridized carbons (Fsp3) is 0.727. The first kappa shape index (κ1) is 13.0. The van der Waals surface area contributed by atoms with E-state index in [9.17, 15) is 5.11 Å². The number of methoxy groups -OCH3 is 2. The van der Waals surface area contributed by atoms with Gasteiger partial charge in [-0.2, -0.15) is 5.10 Å². The zero-order valence-electron chi connectivity index (χ0n) is 10.5. The Labute approximate surface area is 96.0 Å². The number of aliphatic hydroxyl groups excluding tert-OH is 1. The van der Waals surface area contributed by atoms with E-state index in [-0.39, 0.29) is 0 Å². The Bertz CT molecular complexity index is 325. The SMILES string of the molecule is CCn1ncc(OC)c1C(O)C(C)(C)OC. The third-order valence-corrected chi connectivity index (χ3v) is 2.81. The molecule has 1 aromatic rings. The molecule has 0 fully saturated rings. The molecule has 0 spiro atoms. The normalized spacial score (nSPS) is 13.9. The molecule has 0 aliphatic carbocycles. The van der Waals surface area contributed by atoms with Crippen LogP contribution in [0.1, 0.15) is 32.6 Å². The summed E-state index contributed by atoms with van der Waals surface area (Å²) >= 11 is 0. The van der Waals surface area contributed by atoms with E-state index in [1.54, 1.807) is 25.1 Å².